The van der Waals surface area contributed by atoms with Gasteiger partial charge in [-0.25, -0.2) is 4.68 Å². The minimum atomic E-state index is -0.0415. The first-order chi connectivity index (χ1) is 6.24. The molecule has 0 atom stereocenters. The van der Waals surface area contributed by atoms with Crippen LogP contribution in [-0.2, 0) is 6.54 Å². The number of nitrogens with zero attached hydrogens (tertiary/aromatic N) is 2. The lowest BCUT2D eigenvalue weighted by Gasteiger charge is -2.03. The van der Waals surface area contributed by atoms with Gasteiger partial charge in [-0.3, -0.25) is 4.79 Å². The number of hydrogen-bond acceptors (Lipinski definition) is 2. The normalized spacial score (nSPS) is 10.3. The minimum absolute atomic E-state index is 0.0415. The maximum atomic E-state index is 11.2. The lowest BCUT2D eigenvalue weighted by Crippen LogP contribution is -2.22. The fraction of sp³-hybridized carbons (Fsp3) is 0.556. The smallest absolute Gasteiger partial charge is 0.266 e. The van der Waals surface area contributed by atoms with E-state index in [2.05, 4.69) is 5.10 Å². The third-order valence-electron chi connectivity index (χ3n) is 1.75. The number of halogens is 1. The molecule has 1 aromatic heterocycles. The van der Waals surface area contributed by atoms with E-state index in [4.69, 9.17) is 11.6 Å². The van der Waals surface area contributed by atoms with Crippen molar-refractivity contribution in [1.29, 1.82) is 0 Å². The molecule has 0 aliphatic carbocycles. The highest BCUT2D eigenvalue weighted by Gasteiger charge is 1.96. The molecule has 3 nitrogen and oxygen atoms in total. The molecule has 0 spiro atoms. The summed E-state index contributed by atoms with van der Waals surface area (Å²) >= 11 is 5.53. The largest absolute Gasteiger partial charge is 0.268 e. The predicted molar refractivity (Wildman–Crippen MR) is 53.2 cm³/mol. The summed E-state index contributed by atoms with van der Waals surface area (Å²) in [6.45, 7) is 2.53. The van der Waals surface area contributed by atoms with Crippen LogP contribution >= 0.6 is 11.6 Å². The topological polar surface area (TPSA) is 34.9 Å². The quantitative estimate of drug-likeness (QED) is 0.546. The second-order valence-corrected chi connectivity index (χ2v) is 3.31. The van der Waals surface area contributed by atoms with Crippen molar-refractivity contribution in [3.05, 3.63) is 28.2 Å². The summed E-state index contributed by atoms with van der Waals surface area (Å²) in [6.07, 6.45) is 1.82. The summed E-state index contributed by atoms with van der Waals surface area (Å²) in [5, 5.41) is 4.11. The van der Waals surface area contributed by atoms with E-state index < -0.39 is 0 Å². The first-order valence-corrected chi connectivity index (χ1v) is 4.88. The minimum Gasteiger partial charge on any atom is -0.268 e. The van der Waals surface area contributed by atoms with Gasteiger partial charge in [0.1, 0.15) is 0 Å². The van der Waals surface area contributed by atoms with Crippen LogP contribution < -0.4 is 5.56 Å². The van der Waals surface area contributed by atoms with Crippen molar-refractivity contribution in [2.24, 2.45) is 0 Å². The Bertz CT molecular complexity index is 322. The van der Waals surface area contributed by atoms with Gasteiger partial charge >= 0.3 is 0 Å². The van der Waals surface area contributed by atoms with E-state index in [0.717, 1.165) is 18.5 Å². The number of aryl methyl sites for hydroxylation is 2. The number of rotatable bonds is 4. The molecule has 0 aromatic carbocycles. The summed E-state index contributed by atoms with van der Waals surface area (Å²) in [6, 6.07) is 3.27. The van der Waals surface area contributed by atoms with E-state index in [1.165, 1.54) is 4.68 Å². The molecule has 0 saturated carbocycles. The Morgan fingerprint density at radius 2 is 2.23 bits per heavy atom. The molecular formula is C9H13ClN2O. The van der Waals surface area contributed by atoms with Crippen LogP contribution in [0.1, 0.15) is 18.5 Å². The van der Waals surface area contributed by atoms with Crippen LogP contribution in [0, 0.1) is 6.92 Å². The molecule has 0 radical (unpaired) electrons. The van der Waals surface area contributed by atoms with Crippen molar-refractivity contribution in [1.82, 2.24) is 9.78 Å². The van der Waals surface area contributed by atoms with Gasteiger partial charge in [0.15, 0.2) is 0 Å². The van der Waals surface area contributed by atoms with Gasteiger partial charge in [-0.1, -0.05) is 0 Å². The first-order valence-electron chi connectivity index (χ1n) is 4.35. The first kappa shape index (κ1) is 10.3. The zero-order valence-electron chi connectivity index (χ0n) is 7.66. The van der Waals surface area contributed by atoms with Gasteiger partial charge in [-0.15, -0.1) is 11.6 Å². The van der Waals surface area contributed by atoms with Gasteiger partial charge in [0.25, 0.3) is 5.56 Å². The van der Waals surface area contributed by atoms with Crippen molar-refractivity contribution in [3.8, 4) is 0 Å². The number of alkyl halides is 1. The van der Waals surface area contributed by atoms with E-state index in [-0.39, 0.29) is 5.56 Å². The van der Waals surface area contributed by atoms with Crippen LogP contribution in [0.5, 0.6) is 0 Å². The molecule has 0 saturated heterocycles. The second-order valence-electron chi connectivity index (χ2n) is 2.93. The summed E-state index contributed by atoms with van der Waals surface area (Å²) in [7, 11) is 0. The van der Waals surface area contributed by atoms with E-state index in [1.54, 1.807) is 12.1 Å². The molecule has 0 aliphatic rings. The van der Waals surface area contributed by atoms with Gasteiger partial charge in [-0.2, -0.15) is 5.10 Å². The van der Waals surface area contributed by atoms with Crippen LogP contribution in [0.2, 0.25) is 0 Å². The summed E-state index contributed by atoms with van der Waals surface area (Å²) in [4.78, 5) is 11.2. The van der Waals surface area contributed by atoms with Crippen molar-refractivity contribution in [3.63, 3.8) is 0 Å². The maximum absolute atomic E-state index is 11.2. The van der Waals surface area contributed by atoms with Crippen LogP contribution in [0.3, 0.4) is 0 Å². The summed E-state index contributed by atoms with van der Waals surface area (Å²) in [5.74, 6) is 0.639. The number of unbranched alkanes of at least 4 members (excludes halogenated alkanes) is 1. The third kappa shape index (κ3) is 3.19. The molecule has 0 N–H and O–H groups in total. The highest BCUT2D eigenvalue weighted by atomic mass is 35.5. The third-order valence-corrected chi connectivity index (χ3v) is 2.02. The molecular weight excluding hydrogens is 188 g/mol. The molecule has 1 aromatic rings. The average molecular weight is 201 g/mol. The van der Waals surface area contributed by atoms with Gasteiger partial charge in [-0.05, 0) is 25.8 Å². The van der Waals surface area contributed by atoms with Gasteiger partial charge in [0, 0.05) is 18.5 Å². The van der Waals surface area contributed by atoms with Crippen molar-refractivity contribution in [2.75, 3.05) is 5.88 Å². The Morgan fingerprint density at radius 3 is 2.92 bits per heavy atom. The Kier molecular flexibility index (Phi) is 3.96. The molecule has 0 bridgehead atoms. The zero-order valence-corrected chi connectivity index (χ0v) is 8.42. The summed E-state index contributed by atoms with van der Waals surface area (Å²) < 4.78 is 1.49. The van der Waals surface area contributed by atoms with Crippen LogP contribution in [0.4, 0.5) is 0 Å². The number of hydrogen-bond donors (Lipinski definition) is 0. The average Bonchev–Trinajstić information content (AvgIpc) is 2.11. The standard InChI is InChI=1S/C9H13ClN2O/c1-8-4-5-9(13)12(11-8)7-3-2-6-10/h4-5H,2-3,6-7H2,1H3. The zero-order chi connectivity index (χ0) is 9.68. The van der Waals surface area contributed by atoms with Crippen molar-refractivity contribution >= 4 is 11.6 Å². The Balaban J connectivity index is 2.65. The van der Waals surface area contributed by atoms with E-state index >= 15 is 0 Å². The van der Waals surface area contributed by atoms with Gasteiger partial charge in [0.05, 0.1) is 5.69 Å². The molecule has 4 heteroatoms. The summed E-state index contributed by atoms with van der Waals surface area (Å²) in [5.41, 5.74) is 0.825. The Hall–Kier alpha value is -0.830. The molecule has 1 heterocycles. The molecule has 0 unspecified atom stereocenters. The monoisotopic (exact) mass is 200 g/mol. The SMILES string of the molecule is Cc1ccc(=O)n(CCCCCl)n1. The molecule has 0 amide bonds. The van der Waals surface area contributed by atoms with E-state index in [1.807, 2.05) is 6.92 Å². The van der Waals surface area contributed by atoms with Gasteiger partial charge in [0.2, 0.25) is 0 Å². The number of aromatic nitrogens is 2. The van der Waals surface area contributed by atoms with Gasteiger partial charge < -0.3 is 0 Å². The molecule has 0 fully saturated rings. The Morgan fingerprint density at radius 1 is 1.46 bits per heavy atom. The van der Waals surface area contributed by atoms with Crippen LogP contribution in [0.25, 0.3) is 0 Å². The fourth-order valence-corrected chi connectivity index (χ4v) is 1.26. The van der Waals surface area contributed by atoms with Crippen molar-refractivity contribution in [2.45, 2.75) is 26.3 Å². The van der Waals surface area contributed by atoms with Crippen LogP contribution in [0.15, 0.2) is 16.9 Å². The van der Waals surface area contributed by atoms with Crippen molar-refractivity contribution < 1.29 is 0 Å². The predicted octanol–water partition coefficient (Wildman–Crippen LogP) is 1.57. The molecule has 1 rings (SSSR count). The van der Waals surface area contributed by atoms with E-state index in [0.29, 0.717) is 12.4 Å². The highest BCUT2D eigenvalue weighted by Crippen LogP contribution is 1.94. The van der Waals surface area contributed by atoms with E-state index in [9.17, 15) is 4.79 Å². The van der Waals surface area contributed by atoms with Crippen LogP contribution in [-0.4, -0.2) is 15.7 Å². The second kappa shape index (κ2) is 5.02. The fourth-order valence-electron chi connectivity index (χ4n) is 1.07. The molecule has 72 valence electrons. The maximum Gasteiger partial charge on any atom is 0.266 e. The molecule has 0 aliphatic heterocycles. The molecule has 13 heavy (non-hydrogen) atoms. The highest BCUT2D eigenvalue weighted by molar-refractivity contribution is 6.17. The Labute approximate surface area is 82.3 Å². The lowest BCUT2D eigenvalue weighted by molar-refractivity contribution is 0.538. The lowest BCUT2D eigenvalue weighted by atomic mass is 10.3.